The van der Waals surface area contributed by atoms with Crippen molar-refractivity contribution in [1.29, 1.82) is 0 Å². The van der Waals surface area contributed by atoms with Crippen molar-refractivity contribution in [3.05, 3.63) is 46.5 Å². The lowest BCUT2D eigenvalue weighted by molar-refractivity contribution is -0.119. The molecule has 2 aromatic rings. The van der Waals surface area contributed by atoms with Crippen molar-refractivity contribution in [2.24, 2.45) is 0 Å². The van der Waals surface area contributed by atoms with Crippen molar-refractivity contribution < 1.29 is 19.4 Å². The number of benzene rings is 1. The van der Waals surface area contributed by atoms with Gasteiger partial charge in [0.05, 0.1) is 5.69 Å². The zero-order valence-corrected chi connectivity index (χ0v) is 12.1. The maximum Gasteiger partial charge on any atom is 0.347 e. The third kappa shape index (κ3) is 4.11. The second-order valence-electron chi connectivity index (χ2n) is 4.24. The van der Waals surface area contributed by atoms with Crippen LogP contribution in [0.3, 0.4) is 0 Å². The van der Waals surface area contributed by atoms with Crippen molar-refractivity contribution in [3.63, 3.8) is 0 Å². The number of aromatic nitrogens is 1. The van der Waals surface area contributed by atoms with Gasteiger partial charge in [0.15, 0.2) is 5.13 Å². The monoisotopic (exact) mass is 306 g/mol. The lowest BCUT2D eigenvalue weighted by Gasteiger charge is -2.00. The summed E-state index contributed by atoms with van der Waals surface area (Å²) in [5, 5.41) is 12.0. The Labute approximate surface area is 125 Å². The SMILES string of the molecule is COCC(=O)Nc1nc(Cc2ccccc2)c(C(=O)O)s1. The number of carbonyl (C=O) groups excluding carboxylic acids is 1. The summed E-state index contributed by atoms with van der Waals surface area (Å²) in [6.45, 7) is -0.101. The largest absolute Gasteiger partial charge is 0.477 e. The second-order valence-corrected chi connectivity index (χ2v) is 5.24. The Morgan fingerprint density at radius 2 is 2.05 bits per heavy atom. The average molecular weight is 306 g/mol. The average Bonchev–Trinajstić information content (AvgIpc) is 2.83. The fourth-order valence-corrected chi connectivity index (χ4v) is 2.60. The van der Waals surface area contributed by atoms with Crippen LogP contribution in [-0.4, -0.2) is 35.7 Å². The zero-order valence-electron chi connectivity index (χ0n) is 11.3. The number of hydrogen-bond acceptors (Lipinski definition) is 5. The van der Waals surface area contributed by atoms with Gasteiger partial charge in [0, 0.05) is 13.5 Å². The minimum absolute atomic E-state index is 0.101. The molecule has 0 aliphatic heterocycles. The quantitative estimate of drug-likeness (QED) is 0.852. The molecule has 2 N–H and O–H groups in total. The van der Waals surface area contributed by atoms with E-state index in [0.29, 0.717) is 12.1 Å². The van der Waals surface area contributed by atoms with E-state index in [2.05, 4.69) is 10.3 Å². The topological polar surface area (TPSA) is 88.5 Å². The molecule has 0 aliphatic carbocycles. The number of ether oxygens (including phenoxy) is 1. The van der Waals surface area contributed by atoms with E-state index in [4.69, 9.17) is 4.74 Å². The molecule has 0 aliphatic rings. The Kier molecular flexibility index (Phi) is 5.02. The van der Waals surface area contributed by atoms with E-state index in [0.717, 1.165) is 16.9 Å². The molecule has 1 aromatic heterocycles. The number of anilines is 1. The Bertz CT molecular complexity index is 640. The molecule has 0 radical (unpaired) electrons. The van der Waals surface area contributed by atoms with Crippen molar-refractivity contribution in [3.8, 4) is 0 Å². The van der Waals surface area contributed by atoms with Gasteiger partial charge in [-0.25, -0.2) is 9.78 Å². The molecular weight excluding hydrogens is 292 g/mol. The van der Waals surface area contributed by atoms with Crippen LogP contribution in [0.1, 0.15) is 20.9 Å². The van der Waals surface area contributed by atoms with Gasteiger partial charge < -0.3 is 9.84 Å². The maximum atomic E-state index is 11.4. The molecule has 1 amide bonds. The van der Waals surface area contributed by atoms with Crippen LogP contribution in [-0.2, 0) is 16.0 Å². The normalized spacial score (nSPS) is 10.3. The molecule has 2 rings (SSSR count). The molecule has 0 spiro atoms. The Balaban J connectivity index is 2.21. The number of nitrogens with zero attached hydrogens (tertiary/aromatic N) is 1. The molecule has 0 saturated heterocycles. The van der Waals surface area contributed by atoms with Gasteiger partial charge >= 0.3 is 5.97 Å². The smallest absolute Gasteiger partial charge is 0.347 e. The van der Waals surface area contributed by atoms with Crippen molar-refractivity contribution in [2.45, 2.75) is 6.42 Å². The summed E-state index contributed by atoms with van der Waals surface area (Å²) in [5.41, 5.74) is 1.39. The van der Waals surface area contributed by atoms with Gasteiger partial charge in [-0.3, -0.25) is 10.1 Å². The van der Waals surface area contributed by atoms with Crippen LogP contribution < -0.4 is 5.32 Å². The van der Waals surface area contributed by atoms with Crippen LogP contribution in [0.25, 0.3) is 0 Å². The summed E-state index contributed by atoms with van der Waals surface area (Å²) < 4.78 is 4.70. The second kappa shape index (κ2) is 6.96. The summed E-state index contributed by atoms with van der Waals surface area (Å²) in [6, 6.07) is 9.44. The van der Waals surface area contributed by atoms with E-state index in [-0.39, 0.29) is 22.5 Å². The van der Waals surface area contributed by atoms with Crippen LogP contribution in [0.5, 0.6) is 0 Å². The minimum Gasteiger partial charge on any atom is -0.477 e. The highest BCUT2D eigenvalue weighted by molar-refractivity contribution is 7.17. The summed E-state index contributed by atoms with van der Waals surface area (Å²) in [7, 11) is 1.41. The molecule has 0 saturated carbocycles. The summed E-state index contributed by atoms with van der Waals surface area (Å²) in [5.74, 6) is -1.42. The van der Waals surface area contributed by atoms with Gasteiger partial charge in [-0.1, -0.05) is 41.7 Å². The predicted octanol–water partition coefficient (Wildman–Crippen LogP) is 2.02. The molecular formula is C14H14N2O4S. The first-order valence-electron chi connectivity index (χ1n) is 6.16. The van der Waals surface area contributed by atoms with Crippen LogP contribution in [0.15, 0.2) is 30.3 Å². The number of nitrogens with one attached hydrogen (secondary N) is 1. The number of rotatable bonds is 6. The number of thiazole rings is 1. The third-order valence-corrected chi connectivity index (χ3v) is 3.63. The molecule has 0 fully saturated rings. The van der Waals surface area contributed by atoms with Gasteiger partial charge in [0.25, 0.3) is 5.91 Å². The van der Waals surface area contributed by atoms with Crippen LogP contribution in [0.4, 0.5) is 5.13 Å². The Morgan fingerprint density at radius 3 is 2.67 bits per heavy atom. The zero-order chi connectivity index (χ0) is 15.2. The van der Waals surface area contributed by atoms with Gasteiger partial charge in [-0.05, 0) is 5.56 Å². The van der Waals surface area contributed by atoms with E-state index >= 15 is 0 Å². The molecule has 6 nitrogen and oxygen atoms in total. The summed E-state index contributed by atoms with van der Waals surface area (Å²) in [4.78, 5) is 27.0. The standard InChI is InChI=1S/C14H14N2O4S/c1-20-8-11(17)16-14-15-10(12(21-14)13(18)19)7-9-5-3-2-4-6-9/h2-6H,7-8H2,1H3,(H,18,19)(H,15,16,17). The molecule has 0 unspecified atom stereocenters. The number of aromatic carboxylic acids is 1. The van der Waals surface area contributed by atoms with E-state index in [1.807, 2.05) is 30.3 Å². The number of carboxylic acid groups (broad SMARTS) is 1. The lowest BCUT2D eigenvalue weighted by Crippen LogP contribution is -2.16. The first-order chi connectivity index (χ1) is 10.1. The van der Waals surface area contributed by atoms with Crippen molar-refractivity contribution in [2.75, 3.05) is 19.0 Å². The highest BCUT2D eigenvalue weighted by Gasteiger charge is 2.18. The summed E-state index contributed by atoms with van der Waals surface area (Å²) in [6.07, 6.45) is 0.402. The maximum absolute atomic E-state index is 11.4. The molecule has 1 heterocycles. The van der Waals surface area contributed by atoms with Gasteiger partial charge in [-0.15, -0.1) is 0 Å². The van der Waals surface area contributed by atoms with Gasteiger partial charge in [-0.2, -0.15) is 0 Å². The highest BCUT2D eigenvalue weighted by atomic mass is 32.1. The molecule has 110 valence electrons. The van der Waals surface area contributed by atoms with Crippen LogP contribution in [0, 0.1) is 0 Å². The first kappa shape index (κ1) is 15.1. The number of carboxylic acids is 1. The summed E-state index contributed by atoms with van der Waals surface area (Å²) >= 11 is 0.943. The lowest BCUT2D eigenvalue weighted by atomic mass is 10.1. The highest BCUT2D eigenvalue weighted by Crippen LogP contribution is 2.25. The van der Waals surface area contributed by atoms with Gasteiger partial charge in [0.2, 0.25) is 0 Å². The number of methoxy groups -OCH3 is 1. The van der Waals surface area contributed by atoms with E-state index in [1.165, 1.54) is 7.11 Å². The van der Waals surface area contributed by atoms with Gasteiger partial charge in [0.1, 0.15) is 11.5 Å². The number of hydrogen-bond donors (Lipinski definition) is 2. The predicted molar refractivity (Wildman–Crippen MR) is 78.8 cm³/mol. The van der Waals surface area contributed by atoms with Crippen molar-refractivity contribution >= 4 is 28.3 Å². The Morgan fingerprint density at radius 1 is 1.33 bits per heavy atom. The van der Waals surface area contributed by atoms with E-state index in [1.54, 1.807) is 0 Å². The van der Waals surface area contributed by atoms with Crippen LogP contribution in [0.2, 0.25) is 0 Å². The molecule has 21 heavy (non-hydrogen) atoms. The first-order valence-corrected chi connectivity index (χ1v) is 6.97. The Hall–Kier alpha value is -2.25. The van der Waals surface area contributed by atoms with Crippen LogP contribution >= 0.6 is 11.3 Å². The fourth-order valence-electron chi connectivity index (χ4n) is 1.77. The van der Waals surface area contributed by atoms with E-state index in [9.17, 15) is 14.7 Å². The molecule has 0 bridgehead atoms. The molecule has 7 heteroatoms. The fraction of sp³-hybridized carbons (Fsp3) is 0.214. The minimum atomic E-state index is -1.05. The molecule has 0 atom stereocenters. The number of carbonyl (C=O) groups is 2. The van der Waals surface area contributed by atoms with Crippen molar-refractivity contribution in [1.82, 2.24) is 4.98 Å². The van der Waals surface area contributed by atoms with E-state index < -0.39 is 5.97 Å². The third-order valence-electron chi connectivity index (χ3n) is 2.63. The molecule has 1 aromatic carbocycles. The number of amides is 1.